The number of nitrogens with one attached hydrogen (secondary N) is 1. The van der Waals surface area contributed by atoms with Gasteiger partial charge in [-0.1, -0.05) is 0 Å². The maximum atomic E-state index is 10.7. The zero-order valence-corrected chi connectivity index (χ0v) is 7.50. The van der Waals surface area contributed by atoms with Gasteiger partial charge >= 0.3 is 0 Å². The SMILES string of the molecule is CS(=O)(=O)NCc1ccncc1. The Hall–Kier alpha value is -0.940. The van der Waals surface area contributed by atoms with Crippen LogP contribution < -0.4 is 4.72 Å². The lowest BCUT2D eigenvalue weighted by Gasteiger charge is -2.00. The molecule has 5 heteroatoms. The van der Waals surface area contributed by atoms with Crippen molar-refractivity contribution in [3.8, 4) is 0 Å². The van der Waals surface area contributed by atoms with E-state index < -0.39 is 10.0 Å². The van der Waals surface area contributed by atoms with Gasteiger partial charge in [0.05, 0.1) is 6.26 Å². The van der Waals surface area contributed by atoms with E-state index in [4.69, 9.17) is 0 Å². The lowest BCUT2D eigenvalue weighted by Crippen LogP contribution is -2.21. The van der Waals surface area contributed by atoms with Crippen LogP contribution in [0.1, 0.15) is 5.56 Å². The summed E-state index contributed by atoms with van der Waals surface area (Å²) < 4.78 is 23.7. The highest BCUT2D eigenvalue weighted by Gasteiger charge is 1.99. The summed E-state index contributed by atoms with van der Waals surface area (Å²) in [5.74, 6) is 0. The third-order valence-electron chi connectivity index (χ3n) is 1.29. The average molecular weight is 186 g/mol. The second-order valence-electron chi connectivity index (χ2n) is 2.45. The van der Waals surface area contributed by atoms with E-state index in [2.05, 4.69) is 9.71 Å². The van der Waals surface area contributed by atoms with Gasteiger partial charge in [0.25, 0.3) is 0 Å². The van der Waals surface area contributed by atoms with Gasteiger partial charge in [0, 0.05) is 18.9 Å². The minimum atomic E-state index is -3.09. The summed E-state index contributed by atoms with van der Waals surface area (Å²) in [6.07, 6.45) is 4.38. The molecule has 1 rings (SSSR count). The smallest absolute Gasteiger partial charge is 0.209 e. The second-order valence-corrected chi connectivity index (χ2v) is 4.28. The molecule has 0 fully saturated rings. The van der Waals surface area contributed by atoms with Crippen molar-refractivity contribution >= 4 is 10.0 Å². The number of hydrogen-bond donors (Lipinski definition) is 1. The fraction of sp³-hybridized carbons (Fsp3) is 0.286. The first-order valence-corrected chi connectivity index (χ1v) is 5.30. The Labute approximate surface area is 71.7 Å². The highest BCUT2D eigenvalue weighted by atomic mass is 32.2. The molecular weight excluding hydrogens is 176 g/mol. The Kier molecular flexibility index (Phi) is 2.78. The fourth-order valence-electron chi connectivity index (χ4n) is 0.715. The van der Waals surface area contributed by atoms with Gasteiger partial charge in [-0.2, -0.15) is 0 Å². The van der Waals surface area contributed by atoms with Crippen molar-refractivity contribution in [3.63, 3.8) is 0 Å². The van der Waals surface area contributed by atoms with E-state index >= 15 is 0 Å². The Morgan fingerprint density at radius 2 is 2.00 bits per heavy atom. The molecule has 0 bridgehead atoms. The van der Waals surface area contributed by atoms with Crippen LogP contribution in [-0.4, -0.2) is 19.7 Å². The van der Waals surface area contributed by atoms with E-state index in [1.807, 2.05) is 0 Å². The van der Waals surface area contributed by atoms with Crippen LogP contribution in [-0.2, 0) is 16.6 Å². The van der Waals surface area contributed by atoms with Crippen molar-refractivity contribution in [3.05, 3.63) is 30.1 Å². The molecule has 0 unspecified atom stereocenters. The van der Waals surface area contributed by atoms with E-state index in [9.17, 15) is 8.42 Å². The largest absolute Gasteiger partial charge is 0.265 e. The molecule has 4 nitrogen and oxygen atoms in total. The Morgan fingerprint density at radius 1 is 1.42 bits per heavy atom. The van der Waals surface area contributed by atoms with Crippen LogP contribution in [0.25, 0.3) is 0 Å². The Balaban J connectivity index is 2.56. The van der Waals surface area contributed by atoms with Crippen LogP contribution >= 0.6 is 0 Å². The summed E-state index contributed by atoms with van der Waals surface area (Å²) in [5, 5.41) is 0. The van der Waals surface area contributed by atoms with Gasteiger partial charge in [0.2, 0.25) is 10.0 Å². The van der Waals surface area contributed by atoms with E-state index in [0.29, 0.717) is 6.54 Å². The summed E-state index contributed by atoms with van der Waals surface area (Å²) in [6, 6.07) is 3.52. The summed E-state index contributed by atoms with van der Waals surface area (Å²) in [4.78, 5) is 3.81. The van der Waals surface area contributed by atoms with Crippen LogP contribution in [0, 0.1) is 0 Å². The van der Waals surface area contributed by atoms with Crippen LogP contribution in [0.4, 0.5) is 0 Å². The molecule has 0 aromatic carbocycles. The minimum Gasteiger partial charge on any atom is -0.265 e. The maximum Gasteiger partial charge on any atom is 0.209 e. The second kappa shape index (κ2) is 3.64. The number of pyridine rings is 1. The fourth-order valence-corrected chi connectivity index (χ4v) is 1.14. The normalized spacial score (nSPS) is 11.4. The molecular formula is C7H10N2O2S. The first kappa shape index (κ1) is 9.15. The van der Waals surface area contributed by atoms with E-state index in [-0.39, 0.29) is 0 Å². The van der Waals surface area contributed by atoms with Crippen molar-refractivity contribution in [2.75, 3.05) is 6.26 Å². The zero-order chi connectivity index (χ0) is 9.03. The van der Waals surface area contributed by atoms with Gasteiger partial charge in [0.15, 0.2) is 0 Å². The molecule has 1 aromatic heterocycles. The van der Waals surface area contributed by atoms with Gasteiger partial charge in [-0.25, -0.2) is 13.1 Å². The van der Waals surface area contributed by atoms with Crippen molar-refractivity contribution in [1.29, 1.82) is 0 Å². The monoisotopic (exact) mass is 186 g/mol. The Bertz CT molecular complexity index is 334. The Morgan fingerprint density at radius 3 is 2.50 bits per heavy atom. The molecule has 0 spiro atoms. The topological polar surface area (TPSA) is 59.1 Å². The predicted molar refractivity (Wildman–Crippen MR) is 45.9 cm³/mol. The lowest BCUT2D eigenvalue weighted by atomic mass is 10.3. The molecule has 1 N–H and O–H groups in total. The van der Waals surface area contributed by atoms with Gasteiger partial charge in [0.1, 0.15) is 0 Å². The highest BCUT2D eigenvalue weighted by molar-refractivity contribution is 7.88. The van der Waals surface area contributed by atoms with Crippen molar-refractivity contribution in [2.24, 2.45) is 0 Å². The molecule has 66 valence electrons. The van der Waals surface area contributed by atoms with Crippen molar-refractivity contribution in [1.82, 2.24) is 9.71 Å². The molecule has 1 aromatic rings. The molecule has 0 radical (unpaired) electrons. The van der Waals surface area contributed by atoms with E-state index in [1.165, 1.54) is 0 Å². The molecule has 0 saturated carbocycles. The predicted octanol–water partition coefficient (Wildman–Crippen LogP) is 0.131. The van der Waals surface area contributed by atoms with Crippen LogP contribution in [0.15, 0.2) is 24.5 Å². The first-order valence-electron chi connectivity index (χ1n) is 3.41. The standard InChI is InChI=1S/C7H10N2O2S/c1-12(10,11)9-6-7-2-4-8-5-3-7/h2-5,9H,6H2,1H3. The molecule has 0 amide bonds. The molecule has 12 heavy (non-hydrogen) atoms. The summed E-state index contributed by atoms with van der Waals surface area (Å²) in [7, 11) is -3.09. The minimum absolute atomic E-state index is 0.321. The third-order valence-corrected chi connectivity index (χ3v) is 1.96. The van der Waals surface area contributed by atoms with Gasteiger partial charge in [-0.15, -0.1) is 0 Å². The summed E-state index contributed by atoms with van der Waals surface area (Å²) in [6.45, 7) is 0.321. The lowest BCUT2D eigenvalue weighted by molar-refractivity contribution is 0.587. The summed E-state index contributed by atoms with van der Waals surface area (Å²) >= 11 is 0. The quantitative estimate of drug-likeness (QED) is 0.730. The number of rotatable bonds is 3. The maximum absolute atomic E-state index is 10.7. The van der Waals surface area contributed by atoms with Crippen LogP contribution in [0.3, 0.4) is 0 Å². The number of aromatic nitrogens is 1. The molecule has 0 aliphatic heterocycles. The van der Waals surface area contributed by atoms with Crippen LogP contribution in [0.2, 0.25) is 0 Å². The van der Waals surface area contributed by atoms with E-state index in [1.54, 1.807) is 24.5 Å². The molecule has 0 aliphatic rings. The number of sulfonamides is 1. The number of hydrogen-bond acceptors (Lipinski definition) is 3. The zero-order valence-electron chi connectivity index (χ0n) is 6.69. The average Bonchev–Trinajstić information content (AvgIpc) is 2.02. The van der Waals surface area contributed by atoms with Gasteiger partial charge in [-0.3, -0.25) is 4.98 Å². The summed E-state index contributed by atoms with van der Waals surface area (Å²) in [5.41, 5.74) is 0.899. The van der Waals surface area contributed by atoms with E-state index in [0.717, 1.165) is 11.8 Å². The molecule has 1 heterocycles. The molecule has 0 aliphatic carbocycles. The van der Waals surface area contributed by atoms with Gasteiger partial charge < -0.3 is 0 Å². The molecule has 0 saturated heterocycles. The van der Waals surface area contributed by atoms with Crippen molar-refractivity contribution < 1.29 is 8.42 Å². The molecule has 0 atom stereocenters. The first-order chi connectivity index (χ1) is 5.58. The van der Waals surface area contributed by atoms with Crippen molar-refractivity contribution in [2.45, 2.75) is 6.54 Å². The number of nitrogens with zero attached hydrogens (tertiary/aromatic N) is 1. The highest BCUT2D eigenvalue weighted by Crippen LogP contribution is 1.95. The van der Waals surface area contributed by atoms with Gasteiger partial charge in [-0.05, 0) is 17.7 Å². The third kappa shape index (κ3) is 3.45. The van der Waals surface area contributed by atoms with Crippen LogP contribution in [0.5, 0.6) is 0 Å².